The first-order valence-electron chi connectivity index (χ1n) is 12.0. The fourth-order valence-electron chi connectivity index (χ4n) is 3.94. The zero-order valence-corrected chi connectivity index (χ0v) is 20.5. The van der Waals surface area contributed by atoms with E-state index in [-0.39, 0.29) is 6.04 Å². The molecule has 0 aliphatic heterocycles. The van der Waals surface area contributed by atoms with Crippen molar-refractivity contribution in [3.8, 4) is 16.9 Å². The van der Waals surface area contributed by atoms with Gasteiger partial charge in [0.05, 0.1) is 7.11 Å². The third-order valence-electron chi connectivity index (χ3n) is 6.10. The molecular formula is C28H38N4O. The molecule has 5 heteroatoms. The van der Waals surface area contributed by atoms with E-state index in [1.165, 1.54) is 11.1 Å². The lowest BCUT2D eigenvalue weighted by atomic mass is 10.0. The van der Waals surface area contributed by atoms with Crippen LogP contribution in [0.1, 0.15) is 44.4 Å². The van der Waals surface area contributed by atoms with Gasteiger partial charge >= 0.3 is 0 Å². The Morgan fingerprint density at radius 3 is 2.45 bits per heavy atom. The smallest absolute Gasteiger partial charge is 0.126 e. The summed E-state index contributed by atoms with van der Waals surface area (Å²) in [5, 5.41) is 7.05. The van der Waals surface area contributed by atoms with Crippen LogP contribution in [-0.4, -0.2) is 43.2 Å². The van der Waals surface area contributed by atoms with Crippen LogP contribution in [0.25, 0.3) is 11.1 Å². The summed E-state index contributed by atoms with van der Waals surface area (Å²) in [4.78, 5) is 7.07. The second kappa shape index (κ2) is 13.0. The van der Waals surface area contributed by atoms with E-state index in [4.69, 9.17) is 4.74 Å². The molecule has 0 saturated carbocycles. The number of anilines is 1. The van der Waals surface area contributed by atoms with Gasteiger partial charge in [-0.1, -0.05) is 50.2 Å². The molecule has 176 valence electrons. The lowest BCUT2D eigenvalue weighted by molar-refractivity contribution is 0.303. The average molecular weight is 447 g/mol. The molecule has 1 heterocycles. The quantitative estimate of drug-likeness (QED) is 0.327. The molecule has 1 atom stereocenters. The van der Waals surface area contributed by atoms with Gasteiger partial charge in [0.25, 0.3) is 0 Å². The number of ether oxygens (including phenoxy) is 1. The Morgan fingerprint density at radius 2 is 1.79 bits per heavy atom. The molecular weight excluding hydrogens is 408 g/mol. The minimum Gasteiger partial charge on any atom is -0.496 e. The zero-order chi connectivity index (χ0) is 23.5. The molecule has 0 bridgehead atoms. The summed E-state index contributed by atoms with van der Waals surface area (Å²) in [6, 6.07) is 21.3. The molecule has 1 aromatic heterocycles. The number of benzene rings is 2. The van der Waals surface area contributed by atoms with Gasteiger partial charge in [0, 0.05) is 36.5 Å². The van der Waals surface area contributed by atoms with Gasteiger partial charge in [-0.15, -0.1) is 0 Å². The van der Waals surface area contributed by atoms with E-state index < -0.39 is 0 Å². The molecule has 0 aliphatic carbocycles. The van der Waals surface area contributed by atoms with E-state index in [1.807, 2.05) is 18.3 Å². The lowest BCUT2D eigenvalue weighted by Crippen LogP contribution is -2.25. The van der Waals surface area contributed by atoms with Crippen molar-refractivity contribution in [3.63, 3.8) is 0 Å². The average Bonchev–Trinajstić information content (AvgIpc) is 2.88. The Bertz CT molecular complexity index is 955. The summed E-state index contributed by atoms with van der Waals surface area (Å²) in [7, 11) is 1.72. The van der Waals surface area contributed by atoms with Crippen molar-refractivity contribution >= 4 is 5.82 Å². The molecule has 2 N–H and O–H groups in total. The summed E-state index contributed by atoms with van der Waals surface area (Å²) >= 11 is 0. The number of rotatable bonds is 13. The molecule has 0 amide bonds. The van der Waals surface area contributed by atoms with E-state index in [0.29, 0.717) is 0 Å². The van der Waals surface area contributed by atoms with Gasteiger partial charge in [0.2, 0.25) is 0 Å². The highest BCUT2D eigenvalue weighted by atomic mass is 16.5. The van der Waals surface area contributed by atoms with Crippen molar-refractivity contribution in [3.05, 3.63) is 78.0 Å². The molecule has 0 radical (unpaired) electrons. The maximum absolute atomic E-state index is 5.63. The normalized spacial score (nSPS) is 12.0. The van der Waals surface area contributed by atoms with Crippen LogP contribution in [-0.2, 0) is 6.54 Å². The van der Waals surface area contributed by atoms with Gasteiger partial charge in [0.1, 0.15) is 11.6 Å². The molecule has 5 nitrogen and oxygen atoms in total. The highest BCUT2D eigenvalue weighted by molar-refractivity contribution is 5.71. The molecule has 0 fully saturated rings. The topological polar surface area (TPSA) is 49.4 Å². The molecule has 3 aromatic rings. The van der Waals surface area contributed by atoms with Gasteiger partial charge in [-0.3, -0.25) is 0 Å². The fourth-order valence-corrected chi connectivity index (χ4v) is 3.94. The van der Waals surface area contributed by atoms with Crippen molar-refractivity contribution in [2.45, 2.75) is 39.8 Å². The van der Waals surface area contributed by atoms with Crippen LogP contribution in [0.3, 0.4) is 0 Å². The van der Waals surface area contributed by atoms with E-state index >= 15 is 0 Å². The number of methoxy groups -OCH3 is 1. The predicted octanol–water partition coefficient (Wildman–Crippen LogP) is 5.75. The third kappa shape index (κ3) is 7.31. The van der Waals surface area contributed by atoms with Gasteiger partial charge < -0.3 is 20.3 Å². The number of nitrogens with one attached hydrogen (secondary N) is 2. The first kappa shape index (κ1) is 24.7. The fraction of sp³-hybridized carbons (Fsp3) is 0.393. The highest BCUT2D eigenvalue weighted by Gasteiger charge is 2.10. The molecule has 2 aromatic carbocycles. The van der Waals surface area contributed by atoms with Crippen LogP contribution < -0.4 is 15.4 Å². The molecule has 3 rings (SSSR count). The summed E-state index contributed by atoms with van der Waals surface area (Å²) in [6.07, 6.45) is 3.03. The number of hydrogen-bond donors (Lipinski definition) is 2. The zero-order valence-electron chi connectivity index (χ0n) is 20.5. The van der Waals surface area contributed by atoms with Crippen LogP contribution in [0.15, 0.2) is 66.9 Å². The molecule has 0 saturated heterocycles. The van der Waals surface area contributed by atoms with E-state index in [9.17, 15) is 0 Å². The van der Waals surface area contributed by atoms with Gasteiger partial charge in [-0.05, 0) is 68.4 Å². The summed E-state index contributed by atoms with van der Waals surface area (Å²) in [5.41, 5.74) is 4.62. The molecule has 0 spiro atoms. The van der Waals surface area contributed by atoms with Crippen molar-refractivity contribution in [2.75, 3.05) is 38.6 Å². The SMILES string of the molecule is CCN(CC)CCCNc1ccc(-c2cc(CN[C@H](C)c3ccccc3)ccc2OC)cn1. The van der Waals surface area contributed by atoms with Crippen molar-refractivity contribution < 1.29 is 4.74 Å². The first-order chi connectivity index (χ1) is 16.1. The maximum Gasteiger partial charge on any atom is 0.126 e. The lowest BCUT2D eigenvalue weighted by Gasteiger charge is -2.18. The Labute approximate surface area is 199 Å². The van der Waals surface area contributed by atoms with Crippen molar-refractivity contribution in [1.82, 2.24) is 15.2 Å². The Kier molecular flexibility index (Phi) is 9.73. The van der Waals surface area contributed by atoms with Crippen LogP contribution in [0.4, 0.5) is 5.82 Å². The molecule has 33 heavy (non-hydrogen) atoms. The van der Waals surface area contributed by atoms with E-state index in [2.05, 4.69) is 89.8 Å². The largest absolute Gasteiger partial charge is 0.496 e. The monoisotopic (exact) mass is 446 g/mol. The number of aromatic nitrogens is 1. The van der Waals surface area contributed by atoms with Crippen LogP contribution in [0.2, 0.25) is 0 Å². The van der Waals surface area contributed by atoms with Gasteiger partial charge in [-0.2, -0.15) is 0 Å². The standard InChI is InChI=1S/C28H38N4O/c1-5-32(6-2)18-10-17-29-28-16-14-25(21-31-28)26-19-23(13-15-27(26)33-4)20-30-22(3)24-11-8-7-9-12-24/h7-9,11-16,19,21-22,30H,5-6,10,17-18,20H2,1-4H3,(H,29,31)/t22-/m1/s1. The summed E-state index contributed by atoms with van der Waals surface area (Å²) in [5.74, 6) is 1.77. The Hall–Kier alpha value is -2.89. The number of pyridine rings is 1. The minimum atomic E-state index is 0.283. The Morgan fingerprint density at radius 1 is 1.00 bits per heavy atom. The third-order valence-corrected chi connectivity index (χ3v) is 6.10. The second-order valence-corrected chi connectivity index (χ2v) is 8.29. The van der Waals surface area contributed by atoms with E-state index in [0.717, 1.165) is 61.8 Å². The molecule has 0 unspecified atom stereocenters. The maximum atomic E-state index is 5.63. The highest BCUT2D eigenvalue weighted by Crippen LogP contribution is 2.31. The summed E-state index contributed by atoms with van der Waals surface area (Å²) < 4.78 is 5.63. The van der Waals surface area contributed by atoms with E-state index in [1.54, 1.807) is 7.11 Å². The second-order valence-electron chi connectivity index (χ2n) is 8.29. The summed E-state index contributed by atoms with van der Waals surface area (Å²) in [6.45, 7) is 11.6. The minimum absolute atomic E-state index is 0.283. The van der Waals surface area contributed by atoms with Gasteiger partial charge in [-0.25, -0.2) is 4.98 Å². The van der Waals surface area contributed by atoms with Crippen molar-refractivity contribution in [2.24, 2.45) is 0 Å². The predicted molar refractivity (Wildman–Crippen MR) is 139 cm³/mol. The van der Waals surface area contributed by atoms with Crippen LogP contribution in [0.5, 0.6) is 5.75 Å². The van der Waals surface area contributed by atoms with Gasteiger partial charge in [0.15, 0.2) is 0 Å². The Balaban J connectivity index is 1.61. The van der Waals surface area contributed by atoms with Crippen LogP contribution in [0, 0.1) is 0 Å². The van der Waals surface area contributed by atoms with Crippen LogP contribution >= 0.6 is 0 Å². The number of nitrogens with zero attached hydrogens (tertiary/aromatic N) is 2. The van der Waals surface area contributed by atoms with Crippen molar-refractivity contribution in [1.29, 1.82) is 0 Å². The molecule has 0 aliphatic rings. The number of hydrogen-bond acceptors (Lipinski definition) is 5. The first-order valence-corrected chi connectivity index (χ1v) is 12.0.